The van der Waals surface area contributed by atoms with Gasteiger partial charge in [-0.2, -0.15) is 5.10 Å². The van der Waals surface area contributed by atoms with Gasteiger partial charge in [-0.1, -0.05) is 0 Å². The highest BCUT2D eigenvalue weighted by Gasteiger charge is 2.06. The van der Waals surface area contributed by atoms with Crippen molar-refractivity contribution in [1.82, 2.24) is 9.78 Å². The molecule has 0 fully saturated rings. The third kappa shape index (κ3) is 2.87. The summed E-state index contributed by atoms with van der Waals surface area (Å²) >= 11 is 2.05. The monoisotopic (exact) mass is 295 g/mol. The van der Waals surface area contributed by atoms with Crippen molar-refractivity contribution in [1.29, 1.82) is 0 Å². The molecule has 0 spiro atoms. The maximum Gasteiger partial charge on any atom is 0.327 e. The summed E-state index contributed by atoms with van der Waals surface area (Å²) in [5, 5.41) is 3.92. The van der Waals surface area contributed by atoms with Crippen LogP contribution in [-0.4, -0.2) is 22.4 Å². The number of nitrogen functional groups attached to an aromatic ring is 1. The van der Waals surface area contributed by atoms with E-state index in [9.17, 15) is 4.79 Å². The summed E-state index contributed by atoms with van der Waals surface area (Å²) in [5.74, 6) is 0.131. The molecule has 0 aromatic carbocycles. The average Bonchev–Trinajstić information content (AvgIpc) is 2.31. The van der Waals surface area contributed by atoms with Gasteiger partial charge < -0.3 is 10.5 Å². The number of hydrogen-bond donors (Lipinski definition) is 1. The van der Waals surface area contributed by atoms with Crippen LogP contribution < -0.4 is 5.73 Å². The molecule has 0 bridgehead atoms. The van der Waals surface area contributed by atoms with Crippen LogP contribution in [0.15, 0.2) is 6.20 Å². The number of nitrogens with two attached hydrogens (primary N) is 1. The lowest BCUT2D eigenvalue weighted by atomic mass is 10.6. The Bertz CT molecular complexity index is 291. The van der Waals surface area contributed by atoms with Gasteiger partial charge in [-0.15, -0.1) is 0 Å². The fraction of sp³-hybridized carbons (Fsp3) is 0.429. The Morgan fingerprint density at radius 1 is 1.85 bits per heavy atom. The predicted molar refractivity (Wildman–Crippen MR) is 56.0 cm³/mol. The SMILES string of the molecule is CCOC(=O)Cn1cc(I)c(N)n1. The van der Waals surface area contributed by atoms with Gasteiger partial charge in [0.15, 0.2) is 5.82 Å². The third-order valence-corrected chi connectivity index (χ3v) is 2.17. The molecule has 5 nitrogen and oxygen atoms in total. The summed E-state index contributed by atoms with van der Waals surface area (Å²) in [6.45, 7) is 2.26. The zero-order valence-electron chi connectivity index (χ0n) is 7.16. The highest BCUT2D eigenvalue weighted by molar-refractivity contribution is 14.1. The Morgan fingerprint density at radius 3 is 3.00 bits per heavy atom. The van der Waals surface area contributed by atoms with Gasteiger partial charge in [-0.3, -0.25) is 9.48 Å². The molecule has 13 heavy (non-hydrogen) atoms. The lowest BCUT2D eigenvalue weighted by Gasteiger charge is -2.00. The van der Waals surface area contributed by atoms with E-state index in [-0.39, 0.29) is 12.5 Å². The van der Waals surface area contributed by atoms with Gasteiger partial charge in [-0.05, 0) is 29.5 Å². The van der Waals surface area contributed by atoms with Crippen LogP contribution in [-0.2, 0) is 16.1 Å². The van der Waals surface area contributed by atoms with E-state index in [1.54, 1.807) is 13.1 Å². The van der Waals surface area contributed by atoms with Crippen LogP contribution in [0.3, 0.4) is 0 Å². The number of aromatic nitrogens is 2. The summed E-state index contributed by atoms with van der Waals surface area (Å²) in [4.78, 5) is 11.0. The second-order valence-electron chi connectivity index (χ2n) is 2.36. The molecule has 0 aliphatic rings. The first kappa shape index (κ1) is 10.3. The largest absolute Gasteiger partial charge is 0.465 e. The predicted octanol–water partition coefficient (Wildman–Crippen LogP) is 0.633. The lowest BCUT2D eigenvalue weighted by Crippen LogP contribution is -2.13. The van der Waals surface area contributed by atoms with Crippen molar-refractivity contribution in [3.05, 3.63) is 9.77 Å². The Balaban J connectivity index is 2.59. The molecule has 0 amide bonds. The Kier molecular flexibility index (Phi) is 3.52. The molecule has 0 aliphatic heterocycles. The van der Waals surface area contributed by atoms with Crippen molar-refractivity contribution < 1.29 is 9.53 Å². The van der Waals surface area contributed by atoms with E-state index in [0.29, 0.717) is 12.4 Å². The minimum Gasteiger partial charge on any atom is -0.465 e. The first-order valence-electron chi connectivity index (χ1n) is 3.77. The van der Waals surface area contributed by atoms with Crippen molar-refractivity contribution in [3.63, 3.8) is 0 Å². The van der Waals surface area contributed by atoms with E-state index in [1.807, 2.05) is 0 Å². The number of carbonyl (C=O) groups is 1. The Labute approximate surface area is 89.4 Å². The number of esters is 1. The zero-order valence-corrected chi connectivity index (χ0v) is 9.32. The van der Waals surface area contributed by atoms with Gasteiger partial charge in [0.25, 0.3) is 0 Å². The second kappa shape index (κ2) is 4.45. The summed E-state index contributed by atoms with van der Waals surface area (Å²) in [6, 6.07) is 0. The maximum absolute atomic E-state index is 11.0. The van der Waals surface area contributed by atoms with Crippen molar-refractivity contribution in [2.45, 2.75) is 13.5 Å². The number of hydrogen-bond acceptors (Lipinski definition) is 4. The highest BCUT2D eigenvalue weighted by Crippen LogP contribution is 2.10. The third-order valence-electron chi connectivity index (χ3n) is 1.34. The minimum atomic E-state index is -0.304. The lowest BCUT2D eigenvalue weighted by molar-refractivity contribution is -0.144. The Hall–Kier alpha value is -0.790. The molecule has 1 rings (SSSR count). The number of nitrogens with zero attached hydrogens (tertiary/aromatic N) is 2. The smallest absolute Gasteiger partial charge is 0.327 e. The first-order valence-corrected chi connectivity index (χ1v) is 4.85. The normalized spacial score (nSPS) is 10.0. The number of carbonyl (C=O) groups excluding carboxylic acids is 1. The van der Waals surface area contributed by atoms with Gasteiger partial charge >= 0.3 is 5.97 Å². The van der Waals surface area contributed by atoms with Crippen molar-refractivity contribution in [2.24, 2.45) is 0 Å². The molecule has 2 N–H and O–H groups in total. The van der Waals surface area contributed by atoms with E-state index in [1.165, 1.54) is 4.68 Å². The van der Waals surface area contributed by atoms with Crippen LogP contribution >= 0.6 is 22.6 Å². The van der Waals surface area contributed by atoms with E-state index in [4.69, 9.17) is 10.5 Å². The van der Waals surface area contributed by atoms with Gasteiger partial charge in [0.2, 0.25) is 0 Å². The highest BCUT2D eigenvalue weighted by atomic mass is 127. The van der Waals surface area contributed by atoms with Gasteiger partial charge in [0.05, 0.1) is 10.2 Å². The molecule has 0 atom stereocenters. The molecule has 0 saturated heterocycles. The maximum atomic E-state index is 11.0. The summed E-state index contributed by atoms with van der Waals surface area (Å²) < 4.78 is 7.05. The van der Waals surface area contributed by atoms with Crippen LogP contribution in [0.4, 0.5) is 5.82 Å². The number of anilines is 1. The van der Waals surface area contributed by atoms with Crippen molar-refractivity contribution >= 4 is 34.4 Å². The average molecular weight is 295 g/mol. The van der Waals surface area contributed by atoms with Gasteiger partial charge in [0.1, 0.15) is 6.54 Å². The molecule has 0 aliphatic carbocycles. The minimum absolute atomic E-state index is 0.112. The van der Waals surface area contributed by atoms with Crippen LogP contribution in [0.1, 0.15) is 6.92 Å². The number of halogens is 1. The first-order chi connectivity index (χ1) is 6.13. The fourth-order valence-corrected chi connectivity index (χ4v) is 1.26. The van der Waals surface area contributed by atoms with Gasteiger partial charge in [0, 0.05) is 6.20 Å². The topological polar surface area (TPSA) is 70.1 Å². The van der Waals surface area contributed by atoms with Crippen LogP contribution in [0.25, 0.3) is 0 Å². The summed E-state index contributed by atoms with van der Waals surface area (Å²) in [6.07, 6.45) is 1.70. The van der Waals surface area contributed by atoms with Crippen molar-refractivity contribution in [3.8, 4) is 0 Å². The van der Waals surface area contributed by atoms with Gasteiger partial charge in [-0.25, -0.2) is 0 Å². The van der Waals surface area contributed by atoms with Crippen LogP contribution in [0.5, 0.6) is 0 Å². The quantitative estimate of drug-likeness (QED) is 0.656. The fourth-order valence-electron chi connectivity index (χ4n) is 0.832. The zero-order chi connectivity index (χ0) is 9.84. The van der Waals surface area contributed by atoms with Crippen molar-refractivity contribution in [2.75, 3.05) is 12.3 Å². The number of rotatable bonds is 3. The molecule has 0 radical (unpaired) electrons. The summed E-state index contributed by atoms with van der Waals surface area (Å²) in [7, 11) is 0. The molecule has 0 unspecified atom stereocenters. The molecule has 6 heteroatoms. The molecule has 1 aromatic heterocycles. The molecule has 1 heterocycles. The molecular weight excluding hydrogens is 285 g/mol. The molecule has 72 valence electrons. The molecule has 1 aromatic rings. The molecule has 0 saturated carbocycles. The molecular formula is C7H10IN3O2. The second-order valence-corrected chi connectivity index (χ2v) is 3.53. The number of ether oxygens (including phenoxy) is 1. The van der Waals surface area contributed by atoms with E-state index in [0.717, 1.165) is 3.57 Å². The van der Waals surface area contributed by atoms with E-state index < -0.39 is 0 Å². The summed E-state index contributed by atoms with van der Waals surface area (Å²) in [5.41, 5.74) is 5.50. The van der Waals surface area contributed by atoms with Crippen LogP contribution in [0.2, 0.25) is 0 Å². The standard InChI is InChI=1S/C7H10IN3O2/c1-2-13-6(12)4-11-3-5(8)7(9)10-11/h3H,2,4H2,1H3,(H2,9,10). The van der Waals surface area contributed by atoms with Crippen LogP contribution in [0, 0.1) is 3.57 Å². The van der Waals surface area contributed by atoms with E-state index >= 15 is 0 Å². The van der Waals surface area contributed by atoms with E-state index in [2.05, 4.69) is 27.7 Å². The Morgan fingerprint density at radius 2 is 2.54 bits per heavy atom.